The van der Waals surface area contributed by atoms with E-state index in [2.05, 4.69) is 16.7 Å². The van der Waals surface area contributed by atoms with Crippen LogP contribution in [-0.4, -0.2) is 47.2 Å². The van der Waals surface area contributed by atoms with Gasteiger partial charge in [0.25, 0.3) is 11.8 Å². The maximum Gasteiger partial charge on any atom is 0.408 e. The Balaban J connectivity index is 2.25. The van der Waals surface area contributed by atoms with Crippen LogP contribution in [-0.2, 0) is 14.3 Å². The summed E-state index contributed by atoms with van der Waals surface area (Å²) in [7, 11) is 1.52. The minimum Gasteiger partial charge on any atom is -0.508 e. The van der Waals surface area contributed by atoms with Gasteiger partial charge in [-0.1, -0.05) is 18.6 Å². The zero-order valence-electron chi connectivity index (χ0n) is 18.9. The van der Waals surface area contributed by atoms with Crippen LogP contribution in [0.15, 0.2) is 48.5 Å². The van der Waals surface area contributed by atoms with Crippen molar-refractivity contribution in [3.8, 4) is 24.0 Å². The molecular formula is C24H27N3O6. The maximum absolute atomic E-state index is 13.2. The van der Waals surface area contributed by atoms with E-state index in [0.717, 1.165) is 4.90 Å². The molecular weight excluding hydrogens is 426 g/mol. The molecule has 174 valence electrons. The number of ether oxygens (including phenoxy) is 2. The van der Waals surface area contributed by atoms with Gasteiger partial charge in [-0.15, -0.1) is 0 Å². The first-order chi connectivity index (χ1) is 15.5. The largest absolute Gasteiger partial charge is 0.508 e. The monoisotopic (exact) mass is 453 g/mol. The van der Waals surface area contributed by atoms with Gasteiger partial charge in [0, 0.05) is 11.7 Å². The molecule has 2 rings (SSSR count). The van der Waals surface area contributed by atoms with Crippen LogP contribution in [0.1, 0.15) is 32.4 Å². The SMILES string of the molecule is C#CN(C(=O)CNC(=O)OC(C)(C)C)C(C(=O)Nc1ccc(OC)cc1)c1ccc(O)cc1. The molecule has 0 aliphatic rings. The Morgan fingerprint density at radius 2 is 1.70 bits per heavy atom. The van der Waals surface area contributed by atoms with Crippen molar-refractivity contribution in [3.63, 3.8) is 0 Å². The first kappa shape index (κ1) is 25.1. The number of aromatic hydroxyl groups is 1. The Labute approximate surface area is 192 Å². The predicted octanol–water partition coefficient (Wildman–Crippen LogP) is 3.02. The molecule has 0 bridgehead atoms. The van der Waals surface area contributed by atoms with Gasteiger partial charge in [0.1, 0.15) is 29.7 Å². The fraction of sp³-hybridized carbons (Fsp3) is 0.292. The third kappa shape index (κ3) is 7.47. The summed E-state index contributed by atoms with van der Waals surface area (Å²) in [5, 5.41) is 14.7. The highest BCUT2D eigenvalue weighted by Gasteiger charge is 2.31. The summed E-state index contributed by atoms with van der Waals surface area (Å²) in [6.45, 7) is 4.58. The number of hydrogen-bond donors (Lipinski definition) is 3. The summed E-state index contributed by atoms with van der Waals surface area (Å²) in [4.78, 5) is 38.8. The molecule has 9 heteroatoms. The van der Waals surface area contributed by atoms with Crippen molar-refractivity contribution in [3.05, 3.63) is 54.1 Å². The molecule has 2 aromatic carbocycles. The number of benzene rings is 2. The van der Waals surface area contributed by atoms with E-state index in [9.17, 15) is 19.5 Å². The molecule has 0 saturated carbocycles. The van der Waals surface area contributed by atoms with E-state index in [1.807, 2.05) is 0 Å². The molecule has 33 heavy (non-hydrogen) atoms. The molecule has 0 aliphatic carbocycles. The van der Waals surface area contributed by atoms with Gasteiger partial charge >= 0.3 is 6.09 Å². The number of nitrogens with zero attached hydrogens (tertiary/aromatic N) is 1. The molecule has 3 N–H and O–H groups in total. The second-order valence-electron chi connectivity index (χ2n) is 7.96. The van der Waals surface area contributed by atoms with E-state index in [0.29, 0.717) is 17.0 Å². The third-order valence-corrected chi connectivity index (χ3v) is 4.26. The summed E-state index contributed by atoms with van der Waals surface area (Å²) in [5.74, 6) is -0.698. The number of terminal acetylenes is 1. The summed E-state index contributed by atoms with van der Waals surface area (Å²) in [6, 6.07) is 13.3. The zero-order chi connectivity index (χ0) is 24.6. The Bertz CT molecular complexity index is 1020. The van der Waals surface area contributed by atoms with E-state index in [4.69, 9.17) is 15.9 Å². The molecule has 1 atom stereocenters. The number of amides is 3. The number of phenolic OH excluding ortho intramolecular Hbond substituents is 1. The third-order valence-electron chi connectivity index (χ3n) is 4.26. The van der Waals surface area contributed by atoms with Gasteiger partial charge in [-0.3, -0.25) is 14.5 Å². The molecule has 0 heterocycles. The molecule has 0 fully saturated rings. The first-order valence-corrected chi connectivity index (χ1v) is 10.0. The Morgan fingerprint density at radius 3 is 2.21 bits per heavy atom. The predicted molar refractivity (Wildman–Crippen MR) is 122 cm³/mol. The second-order valence-corrected chi connectivity index (χ2v) is 7.96. The maximum atomic E-state index is 13.2. The Kier molecular flexibility index (Phi) is 8.29. The molecule has 0 spiro atoms. The number of rotatable bonds is 7. The molecule has 0 radical (unpaired) electrons. The second kappa shape index (κ2) is 10.9. The number of nitrogens with one attached hydrogen (secondary N) is 2. The van der Waals surface area contributed by atoms with Crippen LogP contribution in [0.3, 0.4) is 0 Å². The van der Waals surface area contributed by atoms with Gasteiger partial charge in [-0.05, 0) is 62.7 Å². The van der Waals surface area contributed by atoms with Crippen molar-refractivity contribution in [1.29, 1.82) is 0 Å². The van der Waals surface area contributed by atoms with Crippen LogP contribution < -0.4 is 15.4 Å². The lowest BCUT2D eigenvalue weighted by Crippen LogP contribution is -2.44. The molecule has 1 unspecified atom stereocenters. The normalized spacial score (nSPS) is 11.5. The molecule has 0 aliphatic heterocycles. The zero-order valence-corrected chi connectivity index (χ0v) is 18.9. The highest BCUT2D eigenvalue weighted by molar-refractivity contribution is 5.99. The van der Waals surface area contributed by atoms with Gasteiger partial charge in [0.15, 0.2) is 0 Å². The van der Waals surface area contributed by atoms with Gasteiger partial charge in [0.2, 0.25) is 0 Å². The number of alkyl carbamates (subject to hydrolysis) is 1. The van der Waals surface area contributed by atoms with E-state index in [1.165, 1.54) is 31.4 Å². The van der Waals surface area contributed by atoms with Gasteiger partial charge in [-0.2, -0.15) is 0 Å². The van der Waals surface area contributed by atoms with Gasteiger partial charge in [0.05, 0.1) is 7.11 Å². The molecule has 0 saturated heterocycles. The molecule has 0 aromatic heterocycles. The number of carbonyl (C=O) groups is 3. The lowest BCUT2D eigenvalue weighted by molar-refractivity contribution is -0.134. The standard InChI is InChI=1S/C24H27N3O6/c1-6-27(20(29)15-25-23(31)33-24(2,3)4)21(16-7-11-18(28)12-8-16)22(30)26-17-9-13-19(32-5)14-10-17/h1,7-14,21,28H,15H2,2-5H3,(H,25,31)(H,26,30). The van der Waals surface area contributed by atoms with Crippen LogP contribution >= 0.6 is 0 Å². The van der Waals surface area contributed by atoms with Crippen molar-refractivity contribution in [2.75, 3.05) is 19.0 Å². The van der Waals surface area contributed by atoms with Crippen molar-refractivity contribution >= 4 is 23.6 Å². The summed E-state index contributed by atoms with van der Waals surface area (Å²) in [6.07, 6.45) is 4.79. The Hall–Kier alpha value is -4.19. The number of carbonyl (C=O) groups excluding carboxylic acids is 3. The Morgan fingerprint density at radius 1 is 1.09 bits per heavy atom. The van der Waals surface area contributed by atoms with Crippen LogP contribution in [0, 0.1) is 12.5 Å². The molecule has 9 nitrogen and oxygen atoms in total. The molecule has 3 amide bonds. The summed E-state index contributed by atoms with van der Waals surface area (Å²) in [5.41, 5.74) is 0.0782. The van der Waals surface area contributed by atoms with Crippen molar-refractivity contribution < 1.29 is 29.0 Å². The topological polar surface area (TPSA) is 117 Å². The van der Waals surface area contributed by atoms with Crippen LogP contribution in [0.25, 0.3) is 0 Å². The summed E-state index contributed by atoms with van der Waals surface area (Å²) < 4.78 is 10.2. The quantitative estimate of drug-likeness (QED) is 0.438. The van der Waals surface area contributed by atoms with E-state index < -0.39 is 36.1 Å². The van der Waals surface area contributed by atoms with E-state index in [1.54, 1.807) is 45.0 Å². The van der Waals surface area contributed by atoms with Gasteiger partial charge < -0.3 is 25.2 Å². The van der Waals surface area contributed by atoms with Crippen molar-refractivity contribution in [2.24, 2.45) is 0 Å². The number of hydrogen-bond acceptors (Lipinski definition) is 6. The average molecular weight is 453 g/mol. The smallest absolute Gasteiger partial charge is 0.408 e. The molecule has 2 aromatic rings. The number of anilines is 1. The highest BCUT2D eigenvalue weighted by Crippen LogP contribution is 2.25. The fourth-order valence-corrected chi connectivity index (χ4v) is 2.80. The van der Waals surface area contributed by atoms with E-state index >= 15 is 0 Å². The average Bonchev–Trinajstić information content (AvgIpc) is 2.76. The number of methoxy groups -OCH3 is 1. The van der Waals surface area contributed by atoms with Gasteiger partial charge in [-0.25, -0.2) is 4.79 Å². The lowest BCUT2D eigenvalue weighted by atomic mass is 10.0. The van der Waals surface area contributed by atoms with Crippen LogP contribution in [0.5, 0.6) is 11.5 Å². The summed E-state index contributed by atoms with van der Waals surface area (Å²) >= 11 is 0. The van der Waals surface area contributed by atoms with E-state index in [-0.39, 0.29) is 5.75 Å². The fourth-order valence-electron chi connectivity index (χ4n) is 2.80. The first-order valence-electron chi connectivity index (χ1n) is 10.0. The number of phenols is 1. The van der Waals surface area contributed by atoms with Crippen molar-refractivity contribution in [1.82, 2.24) is 10.2 Å². The highest BCUT2D eigenvalue weighted by atomic mass is 16.6. The lowest BCUT2D eigenvalue weighted by Gasteiger charge is -2.27. The minimum atomic E-state index is -1.23. The van der Waals surface area contributed by atoms with Crippen molar-refractivity contribution in [2.45, 2.75) is 32.4 Å². The van der Waals surface area contributed by atoms with Crippen LogP contribution in [0.4, 0.5) is 10.5 Å². The van der Waals surface area contributed by atoms with Crippen LogP contribution in [0.2, 0.25) is 0 Å². The minimum absolute atomic E-state index is 0.0155.